The van der Waals surface area contributed by atoms with Gasteiger partial charge in [0.25, 0.3) is 0 Å². The molecular weight excluding hydrogens is 238 g/mol. The molecule has 2 aromatic carbocycles. The molecule has 100 valence electrons. The number of ether oxygens (including phenoxy) is 1. The summed E-state index contributed by atoms with van der Waals surface area (Å²) in [6.07, 6.45) is 0. The third kappa shape index (κ3) is 3.73. The van der Waals surface area contributed by atoms with Crippen molar-refractivity contribution in [3.8, 4) is 11.5 Å². The van der Waals surface area contributed by atoms with Crippen LogP contribution in [0.2, 0.25) is 0 Å². The number of rotatable bonds is 6. The number of benzene rings is 2. The molecule has 0 heterocycles. The zero-order chi connectivity index (χ0) is 13.5. The molecule has 0 bridgehead atoms. The normalized spacial score (nSPS) is 10.5. The van der Waals surface area contributed by atoms with E-state index in [0.29, 0.717) is 0 Å². The fourth-order valence-corrected chi connectivity index (χ4v) is 1.83. The Kier molecular flexibility index (Phi) is 4.81. The maximum absolute atomic E-state index is 5.90. The van der Waals surface area contributed by atoms with Gasteiger partial charge in [-0.05, 0) is 24.6 Å². The van der Waals surface area contributed by atoms with Crippen molar-refractivity contribution in [1.82, 2.24) is 5.06 Å². The van der Waals surface area contributed by atoms with Crippen molar-refractivity contribution in [3.63, 3.8) is 0 Å². The number of hydrogen-bond acceptors (Lipinski definition) is 3. The van der Waals surface area contributed by atoms with Crippen molar-refractivity contribution in [2.45, 2.75) is 13.5 Å². The Morgan fingerprint density at radius 1 is 0.895 bits per heavy atom. The summed E-state index contributed by atoms with van der Waals surface area (Å²) in [5.74, 6) is 1.48. The van der Waals surface area contributed by atoms with E-state index in [2.05, 4.69) is 19.1 Å². The number of methoxy groups -OCH3 is 1. The van der Waals surface area contributed by atoms with E-state index in [1.165, 1.54) is 5.56 Å². The van der Waals surface area contributed by atoms with Crippen molar-refractivity contribution in [1.29, 1.82) is 0 Å². The standard InChI is InChI=1S/C16H19NO2/c1-3-17(13-14-9-5-4-6-10-14)19-16-12-8-7-11-15(16)18-2/h4-12H,3,13H2,1-2H3. The van der Waals surface area contributed by atoms with E-state index in [1.54, 1.807) is 7.11 Å². The fourth-order valence-electron chi connectivity index (χ4n) is 1.83. The average molecular weight is 257 g/mol. The summed E-state index contributed by atoms with van der Waals surface area (Å²) in [6, 6.07) is 17.9. The predicted molar refractivity (Wildman–Crippen MR) is 76.1 cm³/mol. The van der Waals surface area contributed by atoms with E-state index in [9.17, 15) is 0 Å². The fraction of sp³-hybridized carbons (Fsp3) is 0.250. The second-order valence-electron chi connectivity index (χ2n) is 4.18. The summed E-state index contributed by atoms with van der Waals surface area (Å²) in [7, 11) is 1.65. The summed E-state index contributed by atoms with van der Waals surface area (Å²) in [6.45, 7) is 3.61. The number of hydroxylamine groups is 2. The Morgan fingerprint density at radius 3 is 2.16 bits per heavy atom. The van der Waals surface area contributed by atoms with Crippen LogP contribution in [0.25, 0.3) is 0 Å². The zero-order valence-electron chi connectivity index (χ0n) is 11.4. The van der Waals surface area contributed by atoms with Crippen molar-refractivity contribution >= 4 is 0 Å². The molecule has 3 heteroatoms. The lowest BCUT2D eigenvalue weighted by atomic mass is 10.2. The molecule has 0 N–H and O–H groups in total. The van der Waals surface area contributed by atoms with Gasteiger partial charge in [0, 0.05) is 6.54 Å². The number of para-hydroxylation sites is 2. The molecule has 0 saturated carbocycles. The first-order valence-corrected chi connectivity index (χ1v) is 6.43. The van der Waals surface area contributed by atoms with Gasteiger partial charge in [0.1, 0.15) is 0 Å². The summed E-state index contributed by atoms with van der Waals surface area (Å²) in [5, 5.41) is 1.91. The van der Waals surface area contributed by atoms with Crippen LogP contribution in [0.4, 0.5) is 0 Å². The third-order valence-electron chi connectivity index (χ3n) is 2.85. The molecule has 2 aromatic rings. The summed E-state index contributed by atoms with van der Waals surface area (Å²) in [4.78, 5) is 5.90. The second-order valence-corrected chi connectivity index (χ2v) is 4.18. The van der Waals surface area contributed by atoms with Crippen LogP contribution in [0.1, 0.15) is 12.5 Å². The van der Waals surface area contributed by atoms with Crippen molar-refractivity contribution in [3.05, 3.63) is 60.2 Å². The molecule has 0 spiro atoms. The van der Waals surface area contributed by atoms with Gasteiger partial charge in [-0.25, -0.2) is 0 Å². The van der Waals surface area contributed by atoms with Gasteiger partial charge < -0.3 is 9.57 Å². The predicted octanol–water partition coefficient (Wildman–Crippen LogP) is 3.51. The molecular formula is C16H19NO2. The lowest BCUT2D eigenvalue weighted by Crippen LogP contribution is -2.26. The monoisotopic (exact) mass is 257 g/mol. The highest BCUT2D eigenvalue weighted by Crippen LogP contribution is 2.26. The lowest BCUT2D eigenvalue weighted by Gasteiger charge is -2.22. The van der Waals surface area contributed by atoms with E-state index < -0.39 is 0 Å². The van der Waals surface area contributed by atoms with Crippen LogP contribution < -0.4 is 9.57 Å². The largest absolute Gasteiger partial charge is 0.493 e. The summed E-state index contributed by atoms with van der Waals surface area (Å²) >= 11 is 0. The number of nitrogens with zero attached hydrogens (tertiary/aromatic N) is 1. The molecule has 0 aliphatic rings. The van der Waals surface area contributed by atoms with Gasteiger partial charge in [0.05, 0.1) is 13.7 Å². The molecule has 0 amide bonds. The molecule has 3 nitrogen and oxygen atoms in total. The highest BCUT2D eigenvalue weighted by atomic mass is 16.7. The molecule has 0 unspecified atom stereocenters. The van der Waals surface area contributed by atoms with Crippen LogP contribution in [-0.4, -0.2) is 18.7 Å². The average Bonchev–Trinajstić information content (AvgIpc) is 2.48. The number of hydrogen-bond donors (Lipinski definition) is 0. The minimum absolute atomic E-state index is 0.739. The molecule has 0 aromatic heterocycles. The van der Waals surface area contributed by atoms with E-state index in [1.807, 2.05) is 47.5 Å². The molecule has 19 heavy (non-hydrogen) atoms. The topological polar surface area (TPSA) is 21.7 Å². The van der Waals surface area contributed by atoms with Crippen molar-refractivity contribution in [2.75, 3.05) is 13.7 Å². The van der Waals surface area contributed by atoms with Crippen LogP contribution in [0.15, 0.2) is 54.6 Å². The van der Waals surface area contributed by atoms with Gasteiger partial charge in [-0.1, -0.05) is 42.5 Å². The Labute approximate surface area is 114 Å². The van der Waals surface area contributed by atoms with Crippen LogP contribution in [0.5, 0.6) is 11.5 Å². The van der Waals surface area contributed by atoms with Crippen LogP contribution in [-0.2, 0) is 6.54 Å². The van der Waals surface area contributed by atoms with E-state index in [0.717, 1.165) is 24.6 Å². The Bertz CT molecular complexity index is 499. The maximum Gasteiger partial charge on any atom is 0.189 e. The third-order valence-corrected chi connectivity index (χ3v) is 2.85. The highest BCUT2D eigenvalue weighted by Gasteiger charge is 2.09. The van der Waals surface area contributed by atoms with Gasteiger partial charge in [0.2, 0.25) is 0 Å². The minimum Gasteiger partial charge on any atom is -0.493 e. The zero-order valence-corrected chi connectivity index (χ0v) is 11.4. The van der Waals surface area contributed by atoms with E-state index in [-0.39, 0.29) is 0 Å². The highest BCUT2D eigenvalue weighted by molar-refractivity contribution is 5.39. The van der Waals surface area contributed by atoms with Gasteiger partial charge in [-0.3, -0.25) is 0 Å². The quantitative estimate of drug-likeness (QED) is 0.739. The molecule has 0 saturated heterocycles. The summed E-state index contributed by atoms with van der Waals surface area (Å²) in [5.41, 5.74) is 1.22. The maximum atomic E-state index is 5.90. The van der Waals surface area contributed by atoms with Crippen molar-refractivity contribution in [2.24, 2.45) is 0 Å². The Hall–Kier alpha value is -2.00. The molecule has 0 atom stereocenters. The second kappa shape index (κ2) is 6.81. The lowest BCUT2D eigenvalue weighted by molar-refractivity contribution is -0.0640. The van der Waals surface area contributed by atoms with Gasteiger partial charge in [0.15, 0.2) is 11.5 Å². The van der Waals surface area contributed by atoms with Crippen molar-refractivity contribution < 1.29 is 9.57 Å². The smallest absolute Gasteiger partial charge is 0.189 e. The molecule has 0 aliphatic carbocycles. The first-order valence-electron chi connectivity index (χ1n) is 6.43. The van der Waals surface area contributed by atoms with Gasteiger partial charge in [-0.2, -0.15) is 0 Å². The van der Waals surface area contributed by atoms with Crippen LogP contribution in [0, 0.1) is 0 Å². The molecule has 0 fully saturated rings. The van der Waals surface area contributed by atoms with E-state index >= 15 is 0 Å². The van der Waals surface area contributed by atoms with Gasteiger partial charge in [-0.15, -0.1) is 5.06 Å². The molecule has 0 aliphatic heterocycles. The van der Waals surface area contributed by atoms with Gasteiger partial charge >= 0.3 is 0 Å². The minimum atomic E-state index is 0.739. The SMILES string of the molecule is CCN(Cc1ccccc1)Oc1ccccc1OC. The van der Waals surface area contributed by atoms with Crippen LogP contribution in [0.3, 0.4) is 0 Å². The first kappa shape index (κ1) is 13.4. The van der Waals surface area contributed by atoms with Crippen LogP contribution >= 0.6 is 0 Å². The Morgan fingerprint density at radius 2 is 1.53 bits per heavy atom. The summed E-state index contributed by atoms with van der Waals surface area (Å²) < 4.78 is 5.29. The molecule has 2 rings (SSSR count). The van der Waals surface area contributed by atoms with E-state index in [4.69, 9.17) is 9.57 Å². The first-order chi connectivity index (χ1) is 9.33. The Balaban J connectivity index is 2.07. The molecule has 0 radical (unpaired) electrons.